The molecule has 2 saturated carbocycles. The summed E-state index contributed by atoms with van der Waals surface area (Å²) >= 11 is 0. The van der Waals surface area contributed by atoms with Crippen molar-refractivity contribution in [2.45, 2.75) is 64.5 Å². The van der Waals surface area contributed by atoms with Crippen LogP contribution in [0.15, 0.2) is 12.1 Å². The average molecular weight is 260 g/mol. The maximum absolute atomic E-state index is 6.29. The van der Waals surface area contributed by atoms with Crippen LogP contribution in [-0.4, -0.2) is 17.1 Å². The molecule has 2 aliphatic rings. The fourth-order valence-electron chi connectivity index (χ4n) is 3.78. The van der Waals surface area contributed by atoms with Crippen molar-refractivity contribution in [3.05, 3.63) is 23.5 Å². The van der Waals surface area contributed by atoms with Crippen LogP contribution in [0.25, 0.3) is 0 Å². The highest BCUT2D eigenvalue weighted by Gasteiger charge is 2.56. The van der Waals surface area contributed by atoms with Crippen molar-refractivity contribution in [1.82, 2.24) is 4.98 Å². The molecule has 1 spiro atoms. The van der Waals surface area contributed by atoms with E-state index < -0.39 is 0 Å². The highest BCUT2D eigenvalue weighted by Crippen LogP contribution is 2.53. The van der Waals surface area contributed by atoms with Gasteiger partial charge in [-0.3, -0.25) is 4.98 Å². The van der Waals surface area contributed by atoms with E-state index in [0.29, 0.717) is 12.1 Å². The summed E-state index contributed by atoms with van der Waals surface area (Å²) in [5.74, 6) is 0.969. The molecule has 0 aromatic carbocycles. The molecular weight excluding hydrogens is 236 g/mol. The Labute approximate surface area is 115 Å². The van der Waals surface area contributed by atoms with Gasteiger partial charge in [-0.1, -0.05) is 19.8 Å². The summed E-state index contributed by atoms with van der Waals surface area (Å²) in [5.41, 5.74) is 8.66. The second-order valence-corrected chi connectivity index (χ2v) is 6.14. The van der Waals surface area contributed by atoms with E-state index in [2.05, 4.69) is 18.0 Å². The summed E-state index contributed by atoms with van der Waals surface area (Å²) < 4.78 is 6.29. The van der Waals surface area contributed by atoms with E-state index >= 15 is 0 Å². The number of hydrogen-bond donors (Lipinski definition) is 1. The van der Waals surface area contributed by atoms with E-state index in [-0.39, 0.29) is 5.41 Å². The molecule has 0 amide bonds. The van der Waals surface area contributed by atoms with E-state index in [0.717, 1.165) is 30.0 Å². The van der Waals surface area contributed by atoms with Crippen molar-refractivity contribution in [3.8, 4) is 5.75 Å². The highest BCUT2D eigenvalue weighted by atomic mass is 16.5. The minimum atomic E-state index is 0.260. The van der Waals surface area contributed by atoms with Crippen molar-refractivity contribution in [2.24, 2.45) is 11.1 Å². The van der Waals surface area contributed by atoms with Gasteiger partial charge in [0.25, 0.3) is 0 Å². The molecule has 0 radical (unpaired) electrons. The van der Waals surface area contributed by atoms with Gasteiger partial charge in [0.1, 0.15) is 11.9 Å². The van der Waals surface area contributed by atoms with Crippen LogP contribution in [0.4, 0.5) is 0 Å². The lowest BCUT2D eigenvalue weighted by molar-refractivity contribution is -0.0626. The van der Waals surface area contributed by atoms with Crippen molar-refractivity contribution < 1.29 is 4.74 Å². The standard InChI is InChI=1S/C16H24N2O/c1-3-12-13(7-6-11(2)18-12)19-15-10-14(17)16(15)8-4-5-9-16/h6-7,14-15H,3-5,8-10,17H2,1-2H3. The molecular formula is C16H24N2O. The van der Waals surface area contributed by atoms with Gasteiger partial charge in [0.15, 0.2) is 0 Å². The van der Waals surface area contributed by atoms with E-state index in [1.165, 1.54) is 25.7 Å². The Morgan fingerprint density at radius 1 is 1.37 bits per heavy atom. The van der Waals surface area contributed by atoms with Crippen LogP contribution in [0, 0.1) is 12.3 Å². The summed E-state index contributed by atoms with van der Waals surface area (Å²) in [6.45, 7) is 4.16. The van der Waals surface area contributed by atoms with Gasteiger partial charge in [0.05, 0.1) is 5.69 Å². The van der Waals surface area contributed by atoms with Gasteiger partial charge in [-0.2, -0.15) is 0 Å². The first-order valence-electron chi connectivity index (χ1n) is 7.54. The number of rotatable bonds is 3. The van der Waals surface area contributed by atoms with Crippen LogP contribution in [0.3, 0.4) is 0 Å². The number of aromatic nitrogens is 1. The molecule has 0 aliphatic heterocycles. The zero-order chi connectivity index (χ0) is 13.5. The number of nitrogens with zero attached hydrogens (tertiary/aromatic N) is 1. The highest BCUT2D eigenvalue weighted by molar-refractivity contribution is 5.30. The number of hydrogen-bond acceptors (Lipinski definition) is 3. The largest absolute Gasteiger partial charge is 0.488 e. The van der Waals surface area contributed by atoms with Gasteiger partial charge in [0, 0.05) is 23.6 Å². The van der Waals surface area contributed by atoms with Gasteiger partial charge in [-0.15, -0.1) is 0 Å². The molecule has 2 aliphatic carbocycles. The molecule has 3 rings (SSSR count). The Bertz CT molecular complexity index is 466. The first-order chi connectivity index (χ1) is 9.15. The first kappa shape index (κ1) is 12.9. The molecule has 1 aromatic heterocycles. The van der Waals surface area contributed by atoms with Crippen molar-refractivity contribution in [3.63, 3.8) is 0 Å². The van der Waals surface area contributed by atoms with Crippen molar-refractivity contribution in [2.75, 3.05) is 0 Å². The average Bonchev–Trinajstić information content (AvgIpc) is 2.92. The maximum Gasteiger partial charge on any atom is 0.141 e. The Morgan fingerprint density at radius 3 is 2.74 bits per heavy atom. The molecule has 104 valence electrons. The summed E-state index contributed by atoms with van der Waals surface area (Å²) in [6.07, 6.45) is 7.31. The molecule has 2 N–H and O–H groups in total. The van der Waals surface area contributed by atoms with Crippen LogP contribution in [0.5, 0.6) is 5.75 Å². The molecule has 1 heterocycles. The minimum Gasteiger partial charge on any atom is -0.488 e. The predicted octanol–water partition coefficient (Wildman–Crippen LogP) is 2.99. The van der Waals surface area contributed by atoms with Crippen LogP contribution < -0.4 is 10.5 Å². The van der Waals surface area contributed by atoms with Gasteiger partial charge < -0.3 is 10.5 Å². The lowest BCUT2D eigenvalue weighted by atomic mass is 9.61. The van der Waals surface area contributed by atoms with Crippen LogP contribution in [0.1, 0.15) is 50.4 Å². The molecule has 0 bridgehead atoms. The van der Waals surface area contributed by atoms with Crippen LogP contribution in [-0.2, 0) is 6.42 Å². The number of aryl methyl sites for hydroxylation is 2. The second kappa shape index (κ2) is 4.78. The SMILES string of the molecule is CCc1nc(C)ccc1OC1CC(N)C12CCCC2. The summed E-state index contributed by atoms with van der Waals surface area (Å²) in [5, 5.41) is 0. The number of nitrogens with two attached hydrogens (primary N) is 1. The molecule has 2 unspecified atom stereocenters. The fourth-order valence-corrected chi connectivity index (χ4v) is 3.78. The van der Waals surface area contributed by atoms with E-state index in [1.54, 1.807) is 0 Å². The van der Waals surface area contributed by atoms with Gasteiger partial charge in [0.2, 0.25) is 0 Å². The Kier molecular flexibility index (Phi) is 3.25. The molecule has 0 saturated heterocycles. The molecule has 1 aromatic rings. The van der Waals surface area contributed by atoms with Gasteiger partial charge in [-0.25, -0.2) is 0 Å². The third-order valence-electron chi connectivity index (χ3n) is 5.06. The van der Waals surface area contributed by atoms with E-state index in [9.17, 15) is 0 Å². The second-order valence-electron chi connectivity index (χ2n) is 6.14. The Morgan fingerprint density at radius 2 is 2.11 bits per heavy atom. The zero-order valence-electron chi connectivity index (χ0n) is 12.0. The zero-order valence-corrected chi connectivity index (χ0v) is 12.0. The van der Waals surface area contributed by atoms with Crippen molar-refractivity contribution >= 4 is 0 Å². The molecule has 2 atom stereocenters. The molecule has 3 heteroatoms. The number of ether oxygens (including phenoxy) is 1. The summed E-state index contributed by atoms with van der Waals surface area (Å²) in [7, 11) is 0. The van der Waals surface area contributed by atoms with Gasteiger partial charge >= 0.3 is 0 Å². The third kappa shape index (κ3) is 2.04. The predicted molar refractivity (Wildman–Crippen MR) is 76.3 cm³/mol. The third-order valence-corrected chi connectivity index (χ3v) is 5.06. The molecule has 19 heavy (non-hydrogen) atoms. The summed E-state index contributed by atoms with van der Waals surface area (Å²) in [6, 6.07) is 4.45. The molecule has 3 nitrogen and oxygen atoms in total. The maximum atomic E-state index is 6.29. The van der Waals surface area contributed by atoms with Crippen LogP contribution >= 0.6 is 0 Å². The Hall–Kier alpha value is -1.09. The monoisotopic (exact) mass is 260 g/mol. The number of pyridine rings is 1. The minimum absolute atomic E-state index is 0.260. The van der Waals surface area contributed by atoms with Gasteiger partial charge in [-0.05, 0) is 38.3 Å². The first-order valence-corrected chi connectivity index (χ1v) is 7.54. The normalized spacial score (nSPS) is 28.4. The molecule has 2 fully saturated rings. The lowest BCUT2D eigenvalue weighted by Crippen LogP contribution is -2.62. The van der Waals surface area contributed by atoms with E-state index in [4.69, 9.17) is 10.5 Å². The summed E-state index contributed by atoms with van der Waals surface area (Å²) in [4.78, 5) is 4.58. The van der Waals surface area contributed by atoms with Crippen molar-refractivity contribution in [1.29, 1.82) is 0 Å². The van der Waals surface area contributed by atoms with E-state index in [1.807, 2.05) is 13.0 Å². The smallest absolute Gasteiger partial charge is 0.141 e. The lowest BCUT2D eigenvalue weighted by Gasteiger charge is -2.52. The Balaban J connectivity index is 1.79. The van der Waals surface area contributed by atoms with Crippen LogP contribution in [0.2, 0.25) is 0 Å². The fraction of sp³-hybridized carbons (Fsp3) is 0.688. The quantitative estimate of drug-likeness (QED) is 0.909. The topological polar surface area (TPSA) is 48.1 Å².